The Morgan fingerprint density at radius 3 is 2.33 bits per heavy atom. The lowest BCUT2D eigenvalue weighted by atomic mass is 10.2. The van der Waals surface area contributed by atoms with Gasteiger partial charge in [-0.3, -0.25) is 4.90 Å². The van der Waals surface area contributed by atoms with Crippen LogP contribution in [0.1, 0.15) is 13.3 Å². The van der Waals surface area contributed by atoms with Crippen LogP contribution in [0, 0.1) is 0 Å². The summed E-state index contributed by atoms with van der Waals surface area (Å²) < 4.78 is 23.9. The van der Waals surface area contributed by atoms with E-state index in [-0.39, 0.29) is 12.6 Å². The van der Waals surface area contributed by atoms with Gasteiger partial charge in [-0.05, 0) is 20.5 Å². The second-order valence-corrected chi connectivity index (χ2v) is 2.95. The highest BCUT2D eigenvalue weighted by molar-refractivity contribution is 4.69. The second kappa shape index (κ2) is 6.31. The highest BCUT2D eigenvalue weighted by atomic mass is 19.3. The van der Waals surface area contributed by atoms with Gasteiger partial charge in [-0.1, -0.05) is 6.92 Å². The number of rotatable bonds is 6. The maximum absolute atomic E-state index is 12.0. The fraction of sp³-hybridized carbons (Fsp3) is 1.00. The van der Waals surface area contributed by atoms with Gasteiger partial charge in [0.2, 0.25) is 0 Å². The molecule has 0 aromatic heterocycles. The molecule has 0 aliphatic rings. The Morgan fingerprint density at radius 2 is 2.00 bits per heavy atom. The number of likely N-dealkylation sites (N-methyl/N-ethyl adjacent to an activating group) is 2. The summed E-state index contributed by atoms with van der Waals surface area (Å²) >= 11 is 0. The molecule has 1 N–H and O–H groups in total. The fourth-order valence-corrected chi connectivity index (χ4v) is 1.21. The molecule has 0 heterocycles. The topological polar surface area (TPSA) is 15.3 Å². The Bertz CT molecular complexity index is 109. The van der Waals surface area contributed by atoms with Crippen LogP contribution in [0.3, 0.4) is 0 Å². The SMILES string of the molecule is CCC(CNC)N(C)CC(F)F. The number of alkyl halides is 2. The monoisotopic (exact) mass is 180 g/mol. The Hall–Kier alpha value is -0.220. The van der Waals surface area contributed by atoms with E-state index < -0.39 is 6.43 Å². The zero-order chi connectivity index (χ0) is 9.56. The first-order valence-corrected chi connectivity index (χ1v) is 4.24. The molecule has 0 aromatic carbocycles. The van der Waals surface area contributed by atoms with Gasteiger partial charge in [0.15, 0.2) is 0 Å². The van der Waals surface area contributed by atoms with Gasteiger partial charge in [0.1, 0.15) is 0 Å². The minimum atomic E-state index is -2.24. The summed E-state index contributed by atoms with van der Waals surface area (Å²) in [5.74, 6) is 0. The van der Waals surface area contributed by atoms with Gasteiger partial charge in [0.25, 0.3) is 6.43 Å². The molecule has 0 fully saturated rings. The zero-order valence-corrected chi connectivity index (χ0v) is 7.98. The van der Waals surface area contributed by atoms with Gasteiger partial charge < -0.3 is 5.32 Å². The van der Waals surface area contributed by atoms with Gasteiger partial charge in [0.05, 0.1) is 6.54 Å². The number of halogens is 2. The largest absolute Gasteiger partial charge is 0.318 e. The van der Waals surface area contributed by atoms with E-state index in [0.29, 0.717) is 0 Å². The standard InChI is InChI=1S/C8H18F2N2/c1-4-7(5-11-2)12(3)6-8(9)10/h7-8,11H,4-6H2,1-3H3. The highest BCUT2D eigenvalue weighted by Crippen LogP contribution is 2.03. The lowest BCUT2D eigenvalue weighted by molar-refractivity contribution is 0.0798. The average molecular weight is 180 g/mol. The molecule has 0 rings (SSSR count). The lowest BCUT2D eigenvalue weighted by Gasteiger charge is -2.26. The third-order valence-electron chi connectivity index (χ3n) is 1.96. The second-order valence-electron chi connectivity index (χ2n) is 2.95. The van der Waals surface area contributed by atoms with Gasteiger partial charge in [-0.25, -0.2) is 8.78 Å². The summed E-state index contributed by atoms with van der Waals surface area (Å²) in [4.78, 5) is 1.70. The fourth-order valence-electron chi connectivity index (χ4n) is 1.21. The minimum absolute atomic E-state index is 0.139. The Labute approximate surface area is 72.9 Å². The first kappa shape index (κ1) is 11.8. The number of hydrogen-bond acceptors (Lipinski definition) is 2. The van der Waals surface area contributed by atoms with Crippen molar-refractivity contribution in [3.63, 3.8) is 0 Å². The van der Waals surface area contributed by atoms with Crippen LogP contribution in [0.2, 0.25) is 0 Å². The van der Waals surface area contributed by atoms with Crippen molar-refractivity contribution in [1.82, 2.24) is 10.2 Å². The lowest BCUT2D eigenvalue weighted by Crippen LogP contribution is -2.40. The van der Waals surface area contributed by atoms with Crippen molar-refractivity contribution in [3.05, 3.63) is 0 Å². The van der Waals surface area contributed by atoms with Crippen molar-refractivity contribution in [2.45, 2.75) is 25.8 Å². The quantitative estimate of drug-likeness (QED) is 0.660. The van der Waals surface area contributed by atoms with Crippen molar-refractivity contribution < 1.29 is 8.78 Å². The van der Waals surface area contributed by atoms with Crippen molar-refractivity contribution >= 4 is 0 Å². The molecule has 1 unspecified atom stereocenters. The Balaban J connectivity index is 3.76. The molecule has 0 aliphatic heterocycles. The summed E-state index contributed by atoms with van der Waals surface area (Å²) in [5, 5.41) is 2.99. The van der Waals surface area contributed by atoms with E-state index in [1.165, 1.54) is 0 Å². The number of nitrogens with one attached hydrogen (secondary N) is 1. The molecule has 1 atom stereocenters. The van der Waals surface area contributed by atoms with Crippen LogP contribution >= 0.6 is 0 Å². The van der Waals surface area contributed by atoms with Gasteiger partial charge >= 0.3 is 0 Å². The predicted molar refractivity (Wildman–Crippen MR) is 46.6 cm³/mol. The van der Waals surface area contributed by atoms with Crippen molar-refractivity contribution in [1.29, 1.82) is 0 Å². The van der Waals surface area contributed by atoms with E-state index >= 15 is 0 Å². The third kappa shape index (κ3) is 4.62. The van der Waals surface area contributed by atoms with Gasteiger partial charge in [-0.15, -0.1) is 0 Å². The first-order chi connectivity index (χ1) is 5.61. The third-order valence-corrected chi connectivity index (χ3v) is 1.96. The van der Waals surface area contributed by atoms with Crippen molar-refractivity contribution in [2.24, 2.45) is 0 Å². The molecule has 0 aromatic rings. The van der Waals surface area contributed by atoms with Crippen molar-refractivity contribution in [2.75, 3.05) is 27.2 Å². The Morgan fingerprint density at radius 1 is 1.42 bits per heavy atom. The normalized spacial score (nSPS) is 14.2. The van der Waals surface area contributed by atoms with Crippen LogP contribution in [0.4, 0.5) is 8.78 Å². The van der Waals surface area contributed by atoms with E-state index in [4.69, 9.17) is 0 Å². The molecule has 74 valence electrons. The van der Waals surface area contributed by atoms with Crippen LogP contribution in [0.25, 0.3) is 0 Å². The smallest absolute Gasteiger partial charge is 0.251 e. The molecule has 4 heteroatoms. The van der Waals surface area contributed by atoms with E-state index in [0.717, 1.165) is 13.0 Å². The summed E-state index contributed by atoms with van der Waals surface area (Å²) in [5.41, 5.74) is 0. The Kier molecular flexibility index (Phi) is 6.20. The molecular formula is C8H18F2N2. The summed E-state index contributed by atoms with van der Waals surface area (Å²) in [6.45, 7) is 2.63. The summed E-state index contributed by atoms with van der Waals surface area (Å²) in [6.07, 6.45) is -1.34. The highest BCUT2D eigenvalue weighted by Gasteiger charge is 2.15. The van der Waals surface area contributed by atoms with Crippen LogP contribution < -0.4 is 5.32 Å². The van der Waals surface area contributed by atoms with E-state index in [9.17, 15) is 8.78 Å². The van der Waals surface area contributed by atoms with Crippen LogP contribution in [0.5, 0.6) is 0 Å². The van der Waals surface area contributed by atoms with E-state index in [2.05, 4.69) is 5.32 Å². The van der Waals surface area contributed by atoms with Gasteiger partial charge in [0, 0.05) is 12.6 Å². The molecule has 0 amide bonds. The number of nitrogens with zero attached hydrogens (tertiary/aromatic N) is 1. The molecule has 12 heavy (non-hydrogen) atoms. The molecule has 0 radical (unpaired) electrons. The van der Waals surface area contributed by atoms with E-state index in [1.54, 1.807) is 11.9 Å². The zero-order valence-electron chi connectivity index (χ0n) is 7.98. The molecule has 0 bridgehead atoms. The van der Waals surface area contributed by atoms with E-state index in [1.807, 2.05) is 14.0 Å². The first-order valence-electron chi connectivity index (χ1n) is 4.24. The average Bonchev–Trinajstić information content (AvgIpc) is 1.98. The summed E-state index contributed by atoms with van der Waals surface area (Å²) in [7, 11) is 3.57. The molecule has 0 saturated heterocycles. The molecule has 2 nitrogen and oxygen atoms in total. The van der Waals surface area contributed by atoms with Crippen molar-refractivity contribution in [3.8, 4) is 0 Å². The molecular weight excluding hydrogens is 162 g/mol. The van der Waals surface area contributed by atoms with Crippen LogP contribution in [0.15, 0.2) is 0 Å². The molecule has 0 aliphatic carbocycles. The maximum Gasteiger partial charge on any atom is 0.251 e. The summed E-state index contributed by atoms with van der Waals surface area (Å²) in [6, 6.07) is 0.212. The maximum atomic E-state index is 12.0. The predicted octanol–water partition coefficient (Wildman–Crippen LogP) is 1.18. The molecule has 0 saturated carbocycles. The van der Waals surface area contributed by atoms with Crippen LogP contribution in [-0.4, -0.2) is 44.6 Å². The van der Waals surface area contributed by atoms with Gasteiger partial charge in [-0.2, -0.15) is 0 Å². The number of hydrogen-bond donors (Lipinski definition) is 1. The molecule has 0 spiro atoms. The van der Waals surface area contributed by atoms with Crippen LogP contribution in [-0.2, 0) is 0 Å². The minimum Gasteiger partial charge on any atom is -0.318 e.